The van der Waals surface area contributed by atoms with Crippen molar-refractivity contribution < 1.29 is 9.21 Å². The van der Waals surface area contributed by atoms with E-state index in [9.17, 15) is 4.79 Å². The Balaban J connectivity index is 1.41. The standard InChI is InChI=1S/C20H20N2O2S/c1-13-5-7-14(8-6-13)20-21-15(12-25-20)11-19(23)22-17-3-2-4-18-16(17)9-10-24-18/h5-10,12,17H,2-4,11H2,1H3,(H,22,23). The minimum absolute atomic E-state index is 0.0137. The Morgan fingerprint density at radius 3 is 3.00 bits per heavy atom. The predicted molar refractivity (Wildman–Crippen MR) is 98.5 cm³/mol. The lowest BCUT2D eigenvalue weighted by Gasteiger charge is -2.22. The van der Waals surface area contributed by atoms with Gasteiger partial charge in [0.05, 0.1) is 24.4 Å². The smallest absolute Gasteiger partial charge is 0.226 e. The zero-order valence-electron chi connectivity index (χ0n) is 14.1. The first-order valence-electron chi connectivity index (χ1n) is 8.56. The van der Waals surface area contributed by atoms with Crippen molar-refractivity contribution >= 4 is 17.2 Å². The van der Waals surface area contributed by atoms with Crippen LogP contribution in [0.4, 0.5) is 0 Å². The van der Waals surface area contributed by atoms with Crippen molar-refractivity contribution in [3.63, 3.8) is 0 Å². The highest BCUT2D eigenvalue weighted by Crippen LogP contribution is 2.30. The van der Waals surface area contributed by atoms with Crippen LogP contribution in [0.3, 0.4) is 0 Å². The summed E-state index contributed by atoms with van der Waals surface area (Å²) >= 11 is 1.58. The van der Waals surface area contributed by atoms with E-state index in [1.54, 1.807) is 17.6 Å². The fourth-order valence-electron chi connectivity index (χ4n) is 3.26. The Bertz CT molecular complexity index is 879. The molecule has 25 heavy (non-hydrogen) atoms. The molecule has 0 spiro atoms. The molecule has 1 atom stereocenters. The zero-order valence-corrected chi connectivity index (χ0v) is 14.9. The van der Waals surface area contributed by atoms with Gasteiger partial charge >= 0.3 is 0 Å². The summed E-state index contributed by atoms with van der Waals surface area (Å²) in [4.78, 5) is 17.0. The van der Waals surface area contributed by atoms with E-state index in [2.05, 4.69) is 41.5 Å². The first kappa shape index (κ1) is 16.1. The fraction of sp³-hybridized carbons (Fsp3) is 0.300. The second-order valence-electron chi connectivity index (χ2n) is 6.50. The normalized spacial score (nSPS) is 16.4. The molecule has 0 aliphatic heterocycles. The van der Waals surface area contributed by atoms with Gasteiger partial charge in [-0.1, -0.05) is 29.8 Å². The molecule has 4 nitrogen and oxygen atoms in total. The third-order valence-electron chi connectivity index (χ3n) is 4.58. The summed E-state index contributed by atoms with van der Waals surface area (Å²) in [7, 11) is 0. The van der Waals surface area contributed by atoms with Crippen LogP contribution >= 0.6 is 11.3 Å². The number of thiazole rings is 1. The number of carbonyl (C=O) groups is 1. The van der Waals surface area contributed by atoms with Crippen LogP contribution in [0, 0.1) is 6.92 Å². The SMILES string of the molecule is Cc1ccc(-c2nc(CC(=O)NC3CCCc4occc43)cs2)cc1. The topological polar surface area (TPSA) is 55.1 Å². The molecule has 128 valence electrons. The summed E-state index contributed by atoms with van der Waals surface area (Å²) in [6, 6.07) is 10.3. The summed E-state index contributed by atoms with van der Waals surface area (Å²) in [6.45, 7) is 2.07. The molecule has 1 aromatic carbocycles. The third-order valence-corrected chi connectivity index (χ3v) is 5.52. The van der Waals surface area contributed by atoms with E-state index in [4.69, 9.17) is 4.42 Å². The summed E-state index contributed by atoms with van der Waals surface area (Å²) < 4.78 is 5.48. The average Bonchev–Trinajstić information content (AvgIpc) is 3.25. The molecule has 0 saturated carbocycles. The lowest BCUT2D eigenvalue weighted by molar-refractivity contribution is -0.121. The van der Waals surface area contributed by atoms with Gasteiger partial charge in [-0.15, -0.1) is 11.3 Å². The van der Waals surface area contributed by atoms with Crippen molar-refractivity contribution in [1.82, 2.24) is 10.3 Å². The van der Waals surface area contributed by atoms with Crippen LogP contribution in [0.15, 0.2) is 46.4 Å². The lowest BCUT2D eigenvalue weighted by atomic mass is 9.93. The molecule has 1 unspecified atom stereocenters. The molecule has 0 bridgehead atoms. The molecular weight excluding hydrogens is 332 g/mol. The Labute approximate surface area is 150 Å². The number of hydrogen-bond acceptors (Lipinski definition) is 4. The Hall–Kier alpha value is -2.40. The molecule has 1 N–H and O–H groups in total. The molecular formula is C20H20N2O2S. The van der Waals surface area contributed by atoms with Gasteiger partial charge in [-0.2, -0.15) is 0 Å². The molecule has 3 aromatic rings. The molecule has 1 aliphatic rings. The second kappa shape index (κ2) is 6.84. The number of carbonyl (C=O) groups excluding carboxylic acids is 1. The fourth-order valence-corrected chi connectivity index (χ4v) is 4.09. The van der Waals surface area contributed by atoms with Gasteiger partial charge in [0.2, 0.25) is 5.91 Å². The van der Waals surface area contributed by atoms with E-state index in [-0.39, 0.29) is 11.9 Å². The highest BCUT2D eigenvalue weighted by atomic mass is 32.1. The van der Waals surface area contributed by atoms with Crippen molar-refractivity contribution in [2.75, 3.05) is 0 Å². The number of benzene rings is 1. The van der Waals surface area contributed by atoms with Crippen molar-refractivity contribution in [2.24, 2.45) is 0 Å². The van der Waals surface area contributed by atoms with E-state index in [0.29, 0.717) is 6.42 Å². The van der Waals surface area contributed by atoms with Crippen molar-refractivity contribution in [2.45, 2.75) is 38.6 Å². The first-order chi connectivity index (χ1) is 12.2. The maximum absolute atomic E-state index is 12.4. The van der Waals surface area contributed by atoms with Gasteiger partial charge in [0, 0.05) is 22.9 Å². The maximum Gasteiger partial charge on any atom is 0.226 e. The molecule has 4 rings (SSSR count). The van der Waals surface area contributed by atoms with Crippen LogP contribution in [-0.4, -0.2) is 10.9 Å². The van der Waals surface area contributed by atoms with Crippen LogP contribution in [0.1, 0.15) is 41.5 Å². The zero-order chi connectivity index (χ0) is 17.2. The lowest BCUT2D eigenvalue weighted by Crippen LogP contribution is -2.31. The minimum atomic E-state index is 0.0137. The van der Waals surface area contributed by atoms with Crippen LogP contribution in [-0.2, 0) is 17.6 Å². The number of fused-ring (bicyclic) bond motifs is 1. The largest absolute Gasteiger partial charge is 0.469 e. The predicted octanol–water partition coefficient (Wildman–Crippen LogP) is 4.45. The average molecular weight is 352 g/mol. The van der Waals surface area contributed by atoms with Crippen molar-refractivity contribution in [1.29, 1.82) is 0 Å². The molecule has 5 heteroatoms. The first-order valence-corrected chi connectivity index (χ1v) is 9.44. The van der Waals surface area contributed by atoms with Crippen LogP contribution in [0.5, 0.6) is 0 Å². The van der Waals surface area contributed by atoms with E-state index < -0.39 is 0 Å². The van der Waals surface area contributed by atoms with Gasteiger partial charge in [0.15, 0.2) is 0 Å². The molecule has 1 amide bonds. The van der Waals surface area contributed by atoms with Gasteiger partial charge in [0.25, 0.3) is 0 Å². The monoisotopic (exact) mass is 352 g/mol. The molecule has 0 radical (unpaired) electrons. The second-order valence-corrected chi connectivity index (χ2v) is 7.36. The number of rotatable bonds is 4. The van der Waals surface area contributed by atoms with Gasteiger partial charge in [-0.05, 0) is 25.8 Å². The molecule has 2 heterocycles. The summed E-state index contributed by atoms with van der Waals surface area (Å²) in [5.41, 5.74) is 4.27. The van der Waals surface area contributed by atoms with E-state index in [1.807, 2.05) is 11.4 Å². The molecule has 0 saturated heterocycles. The van der Waals surface area contributed by atoms with Gasteiger partial charge in [-0.25, -0.2) is 4.98 Å². The Morgan fingerprint density at radius 1 is 1.32 bits per heavy atom. The number of hydrogen-bond donors (Lipinski definition) is 1. The number of furan rings is 1. The van der Waals surface area contributed by atoms with Crippen molar-refractivity contribution in [3.8, 4) is 10.6 Å². The van der Waals surface area contributed by atoms with E-state index in [1.165, 1.54) is 5.56 Å². The van der Waals surface area contributed by atoms with Crippen LogP contribution < -0.4 is 5.32 Å². The van der Waals surface area contributed by atoms with Gasteiger partial charge < -0.3 is 9.73 Å². The Kier molecular flexibility index (Phi) is 4.40. The number of aryl methyl sites for hydroxylation is 2. The summed E-state index contributed by atoms with van der Waals surface area (Å²) in [6.07, 6.45) is 4.99. The van der Waals surface area contributed by atoms with Crippen molar-refractivity contribution in [3.05, 3.63) is 64.6 Å². The molecule has 1 aliphatic carbocycles. The number of amides is 1. The van der Waals surface area contributed by atoms with E-state index >= 15 is 0 Å². The summed E-state index contributed by atoms with van der Waals surface area (Å²) in [5.74, 6) is 1.02. The van der Waals surface area contributed by atoms with Crippen LogP contribution in [0.2, 0.25) is 0 Å². The minimum Gasteiger partial charge on any atom is -0.469 e. The number of nitrogens with zero attached hydrogens (tertiary/aromatic N) is 1. The van der Waals surface area contributed by atoms with Crippen LogP contribution in [0.25, 0.3) is 10.6 Å². The number of aromatic nitrogens is 1. The quantitative estimate of drug-likeness (QED) is 0.755. The molecule has 0 fully saturated rings. The van der Waals surface area contributed by atoms with E-state index in [0.717, 1.165) is 46.9 Å². The highest BCUT2D eigenvalue weighted by molar-refractivity contribution is 7.13. The van der Waals surface area contributed by atoms with Gasteiger partial charge in [0.1, 0.15) is 10.8 Å². The Morgan fingerprint density at radius 2 is 2.16 bits per heavy atom. The summed E-state index contributed by atoms with van der Waals surface area (Å²) in [5, 5.41) is 6.06. The molecule has 2 aromatic heterocycles. The van der Waals surface area contributed by atoms with Gasteiger partial charge in [-0.3, -0.25) is 4.79 Å². The third kappa shape index (κ3) is 3.51. The number of nitrogens with one attached hydrogen (secondary N) is 1. The maximum atomic E-state index is 12.4. The highest BCUT2D eigenvalue weighted by Gasteiger charge is 2.24.